The number of anilines is 1. The number of aromatic nitrogens is 1. The minimum atomic E-state index is -0.324. The Morgan fingerprint density at radius 2 is 1.75 bits per heavy atom. The molecule has 0 radical (unpaired) electrons. The number of esters is 1. The van der Waals surface area contributed by atoms with Gasteiger partial charge in [0.1, 0.15) is 0 Å². The van der Waals surface area contributed by atoms with Gasteiger partial charge in [0.2, 0.25) is 0 Å². The lowest BCUT2D eigenvalue weighted by atomic mass is 10.1. The summed E-state index contributed by atoms with van der Waals surface area (Å²) in [7, 11) is 1.35. The number of hydrogen-bond donors (Lipinski definition) is 3. The van der Waals surface area contributed by atoms with Crippen LogP contribution in [0.4, 0.5) is 5.69 Å². The number of nitrogens with zero attached hydrogens (tertiary/aromatic N) is 1. The quantitative estimate of drug-likeness (QED) is 0.439. The predicted molar refractivity (Wildman–Crippen MR) is 93.2 cm³/mol. The maximum Gasteiger partial charge on any atom is 0.309 e. The van der Waals surface area contributed by atoms with Crippen LogP contribution in [-0.2, 0) is 16.0 Å². The average Bonchev–Trinajstić information content (AvgIpc) is 2.62. The molecule has 0 fully saturated rings. The van der Waals surface area contributed by atoms with Crippen LogP contribution in [-0.4, -0.2) is 29.1 Å². The Morgan fingerprint density at radius 1 is 1.08 bits per heavy atom. The smallest absolute Gasteiger partial charge is 0.309 e. The van der Waals surface area contributed by atoms with Crippen molar-refractivity contribution in [1.82, 2.24) is 15.8 Å². The van der Waals surface area contributed by atoms with Gasteiger partial charge in [-0.15, -0.1) is 0 Å². The fourth-order valence-electron chi connectivity index (χ4n) is 1.80. The van der Waals surface area contributed by atoms with E-state index in [4.69, 9.17) is 12.2 Å². The molecule has 3 N–H and O–H groups in total. The molecule has 0 saturated carbocycles. The van der Waals surface area contributed by atoms with Crippen molar-refractivity contribution >= 4 is 34.9 Å². The van der Waals surface area contributed by atoms with E-state index in [1.807, 2.05) is 0 Å². The Balaban J connectivity index is 1.82. The molecule has 8 heteroatoms. The Hall–Kier alpha value is -3.00. The molecular weight excluding hydrogens is 328 g/mol. The lowest BCUT2D eigenvalue weighted by molar-refractivity contribution is -0.139. The van der Waals surface area contributed by atoms with Gasteiger partial charge < -0.3 is 10.1 Å². The second-order valence-electron chi connectivity index (χ2n) is 4.72. The molecule has 7 nitrogen and oxygen atoms in total. The lowest BCUT2D eigenvalue weighted by Gasteiger charge is -2.12. The first-order valence-corrected chi connectivity index (χ1v) is 7.42. The van der Waals surface area contributed by atoms with E-state index in [-0.39, 0.29) is 23.4 Å². The van der Waals surface area contributed by atoms with Gasteiger partial charge >= 0.3 is 5.97 Å². The maximum absolute atomic E-state index is 11.8. The molecule has 0 unspecified atom stereocenters. The second kappa shape index (κ2) is 8.59. The molecule has 1 aromatic carbocycles. The molecule has 1 amide bonds. The fourth-order valence-corrected chi connectivity index (χ4v) is 1.96. The highest BCUT2D eigenvalue weighted by Gasteiger charge is 2.06. The number of rotatable bonds is 4. The summed E-state index contributed by atoms with van der Waals surface area (Å²) in [5.41, 5.74) is 7.11. The molecule has 2 rings (SSSR count). The predicted octanol–water partition coefficient (Wildman–Crippen LogP) is 1.43. The van der Waals surface area contributed by atoms with Crippen molar-refractivity contribution in [3.8, 4) is 0 Å². The van der Waals surface area contributed by atoms with E-state index < -0.39 is 0 Å². The van der Waals surface area contributed by atoms with Crippen LogP contribution in [0.2, 0.25) is 0 Å². The Kier molecular flexibility index (Phi) is 6.21. The Morgan fingerprint density at radius 3 is 2.38 bits per heavy atom. The molecule has 24 heavy (non-hydrogen) atoms. The number of hydrogen-bond acceptors (Lipinski definition) is 5. The zero-order valence-corrected chi connectivity index (χ0v) is 13.7. The number of pyridine rings is 1. The first kappa shape index (κ1) is 17.4. The van der Waals surface area contributed by atoms with Gasteiger partial charge in [-0.1, -0.05) is 12.1 Å². The summed E-state index contributed by atoms with van der Waals surface area (Å²) in [6.07, 6.45) is 3.27. The monoisotopic (exact) mass is 344 g/mol. The van der Waals surface area contributed by atoms with E-state index in [1.54, 1.807) is 36.4 Å². The molecule has 124 valence electrons. The van der Waals surface area contributed by atoms with Crippen LogP contribution < -0.4 is 16.2 Å². The molecule has 0 aliphatic rings. The molecule has 1 heterocycles. The van der Waals surface area contributed by atoms with E-state index in [1.165, 1.54) is 19.5 Å². The molecule has 0 bridgehead atoms. The summed E-state index contributed by atoms with van der Waals surface area (Å²) in [5, 5.41) is 3.15. The standard InChI is InChI=1S/C16H16N4O3S/c1-23-14(21)10-11-2-4-13(5-3-11)18-16(24)20-19-15(22)12-6-8-17-9-7-12/h2-9H,10H2,1H3,(H,19,22)(H2,18,20,24). The minimum Gasteiger partial charge on any atom is -0.469 e. The Bertz CT molecular complexity index is 720. The van der Waals surface area contributed by atoms with Crippen LogP contribution in [0.25, 0.3) is 0 Å². The summed E-state index contributed by atoms with van der Waals surface area (Å²) >= 11 is 5.10. The van der Waals surface area contributed by atoms with Crippen LogP contribution in [0.1, 0.15) is 15.9 Å². The van der Waals surface area contributed by atoms with Crippen LogP contribution in [0, 0.1) is 0 Å². The minimum absolute atomic E-state index is 0.210. The third-order valence-corrected chi connectivity index (χ3v) is 3.22. The van der Waals surface area contributed by atoms with Gasteiger partial charge in [0.25, 0.3) is 5.91 Å². The summed E-state index contributed by atoms with van der Waals surface area (Å²) in [5.74, 6) is -0.623. The van der Waals surface area contributed by atoms with Gasteiger partial charge in [-0.2, -0.15) is 0 Å². The van der Waals surface area contributed by atoms with Crippen molar-refractivity contribution in [1.29, 1.82) is 0 Å². The largest absolute Gasteiger partial charge is 0.469 e. The number of ether oxygens (including phenoxy) is 1. The van der Waals surface area contributed by atoms with Gasteiger partial charge in [0, 0.05) is 23.6 Å². The summed E-state index contributed by atoms with van der Waals surface area (Å²) < 4.78 is 4.61. The normalized spacial score (nSPS) is 9.71. The number of carbonyl (C=O) groups excluding carboxylic acids is 2. The summed E-state index contributed by atoms with van der Waals surface area (Å²) in [6, 6.07) is 10.3. The van der Waals surface area contributed by atoms with Gasteiger partial charge in [-0.25, -0.2) is 0 Å². The number of thiocarbonyl (C=S) groups is 1. The number of nitrogens with one attached hydrogen (secondary N) is 3. The highest BCUT2D eigenvalue weighted by atomic mass is 32.1. The van der Waals surface area contributed by atoms with Gasteiger partial charge in [0.05, 0.1) is 13.5 Å². The van der Waals surface area contributed by atoms with E-state index >= 15 is 0 Å². The maximum atomic E-state index is 11.8. The van der Waals surface area contributed by atoms with Gasteiger partial charge in [-0.3, -0.25) is 25.4 Å². The summed E-state index contributed by atoms with van der Waals surface area (Å²) in [6.45, 7) is 0. The molecular formula is C16H16N4O3S. The van der Waals surface area contributed by atoms with E-state index in [0.717, 1.165) is 11.3 Å². The molecule has 0 atom stereocenters. The zero-order chi connectivity index (χ0) is 17.4. The first-order valence-electron chi connectivity index (χ1n) is 7.01. The molecule has 1 aromatic heterocycles. The summed E-state index contributed by atoms with van der Waals surface area (Å²) in [4.78, 5) is 26.9. The van der Waals surface area contributed by atoms with Crippen LogP contribution >= 0.6 is 12.2 Å². The number of methoxy groups -OCH3 is 1. The van der Waals surface area contributed by atoms with Crippen molar-refractivity contribution in [3.63, 3.8) is 0 Å². The van der Waals surface area contributed by atoms with Crippen LogP contribution in [0.15, 0.2) is 48.8 Å². The first-order chi connectivity index (χ1) is 11.6. The molecule has 0 aliphatic heterocycles. The van der Waals surface area contributed by atoms with E-state index in [0.29, 0.717) is 5.56 Å². The molecule has 0 spiro atoms. The number of benzene rings is 1. The van der Waals surface area contributed by atoms with Crippen molar-refractivity contribution in [3.05, 3.63) is 59.9 Å². The van der Waals surface area contributed by atoms with Crippen LogP contribution in [0.3, 0.4) is 0 Å². The van der Waals surface area contributed by atoms with Gasteiger partial charge in [-0.05, 0) is 42.0 Å². The SMILES string of the molecule is COC(=O)Cc1ccc(NC(=S)NNC(=O)c2ccncc2)cc1. The zero-order valence-electron chi connectivity index (χ0n) is 12.9. The number of hydrazine groups is 1. The number of carbonyl (C=O) groups is 2. The number of amides is 1. The average molecular weight is 344 g/mol. The third-order valence-electron chi connectivity index (χ3n) is 3.02. The van der Waals surface area contributed by atoms with E-state index in [2.05, 4.69) is 25.9 Å². The highest BCUT2D eigenvalue weighted by molar-refractivity contribution is 7.80. The fraction of sp³-hybridized carbons (Fsp3) is 0.125. The third kappa shape index (κ3) is 5.33. The van der Waals surface area contributed by atoms with Crippen molar-refractivity contribution in [2.24, 2.45) is 0 Å². The van der Waals surface area contributed by atoms with E-state index in [9.17, 15) is 9.59 Å². The highest BCUT2D eigenvalue weighted by Crippen LogP contribution is 2.10. The van der Waals surface area contributed by atoms with Gasteiger partial charge in [0.15, 0.2) is 5.11 Å². The molecule has 2 aromatic rings. The molecule has 0 saturated heterocycles. The second-order valence-corrected chi connectivity index (χ2v) is 5.13. The van der Waals surface area contributed by atoms with Crippen molar-refractivity contribution < 1.29 is 14.3 Å². The Labute approximate surface area is 144 Å². The van der Waals surface area contributed by atoms with Crippen molar-refractivity contribution in [2.45, 2.75) is 6.42 Å². The topological polar surface area (TPSA) is 92.4 Å². The lowest BCUT2D eigenvalue weighted by Crippen LogP contribution is -2.43. The molecule has 0 aliphatic carbocycles. The van der Waals surface area contributed by atoms with Crippen LogP contribution in [0.5, 0.6) is 0 Å². The van der Waals surface area contributed by atoms with Crippen molar-refractivity contribution in [2.75, 3.05) is 12.4 Å².